The zero-order valence-electron chi connectivity index (χ0n) is 11.7. The molecule has 0 radical (unpaired) electrons. The number of nitrogens with one attached hydrogen (secondary N) is 2. The van der Waals surface area contributed by atoms with Crippen LogP contribution < -0.4 is 10.2 Å². The highest BCUT2D eigenvalue weighted by molar-refractivity contribution is 7.80. The molecule has 4 nitrogen and oxygen atoms in total. The SMILES string of the molecule is Cc1cc(Cl)ccc1NC(=S)N1CC[NH+](CCO)CC1. The minimum Gasteiger partial charge on any atom is -0.391 e. The Hall–Kier alpha value is -0.880. The highest BCUT2D eigenvalue weighted by Gasteiger charge is 2.21. The molecule has 20 heavy (non-hydrogen) atoms. The van der Waals surface area contributed by atoms with Crippen LogP contribution in [0, 0.1) is 6.92 Å². The van der Waals surface area contributed by atoms with Crippen LogP contribution in [0.5, 0.6) is 0 Å². The molecular weight excluding hydrogens is 294 g/mol. The van der Waals surface area contributed by atoms with Crippen molar-refractivity contribution in [2.45, 2.75) is 6.92 Å². The molecule has 1 aromatic carbocycles. The van der Waals surface area contributed by atoms with E-state index in [4.69, 9.17) is 28.9 Å². The summed E-state index contributed by atoms with van der Waals surface area (Å²) in [7, 11) is 0. The van der Waals surface area contributed by atoms with Crippen LogP contribution in [-0.2, 0) is 0 Å². The summed E-state index contributed by atoms with van der Waals surface area (Å²) in [5, 5.41) is 13.8. The number of aliphatic hydroxyl groups excluding tert-OH is 1. The molecule has 1 aliphatic rings. The molecule has 0 saturated carbocycles. The summed E-state index contributed by atoms with van der Waals surface area (Å²) in [5.74, 6) is 0. The number of quaternary nitrogens is 1. The van der Waals surface area contributed by atoms with Crippen LogP contribution in [0.4, 0.5) is 5.69 Å². The highest BCUT2D eigenvalue weighted by atomic mass is 35.5. The smallest absolute Gasteiger partial charge is 0.173 e. The van der Waals surface area contributed by atoms with Gasteiger partial charge in [-0.15, -0.1) is 0 Å². The van der Waals surface area contributed by atoms with E-state index in [0.29, 0.717) is 0 Å². The van der Waals surface area contributed by atoms with Crippen molar-refractivity contribution in [3.05, 3.63) is 28.8 Å². The van der Waals surface area contributed by atoms with E-state index in [9.17, 15) is 0 Å². The van der Waals surface area contributed by atoms with E-state index in [0.717, 1.165) is 54.1 Å². The van der Waals surface area contributed by atoms with Gasteiger partial charge in [0.1, 0.15) is 6.54 Å². The molecule has 1 aromatic rings. The van der Waals surface area contributed by atoms with Crippen molar-refractivity contribution in [3.63, 3.8) is 0 Å². The third-order valence-electron chi connectivity index (χ3n) is 3.65. The fraction of sp³-hybridized carbons (Fsp3) is 0.500. The van der Waals surface area contributed by atoms with Gasteiger partial charge in [-0.05, 0) is 42.9 Å². The van der Waals surface area contributed by atoms with Crippen LogP contribution in [-0.4, -0.2) is 54.4 Å². The van der Waals surface area contributed by atoms with E-state index in [2.05, 4.69) is 10.2 Å². The maximum Gasteiger partial charge on any atom is 0.173 e. The number of nitrogens with zero attached hydrogens (tertiary/aromatic N) is 1. The Bertz CT molecular complexity index is 475. The molecule has 3 N–H and O–H groups in total. The Morgan fingerprint density at radius 2 is 2.15 bits per heavy atom. The molecule has 0 atom stereocenters. The lowest BCUT2D eigenvalue weighted by Gasteiger charge is -2.33. The predicted molar refractivity (Wildman–Crippen MR) is 86.6 cm³/mol. The van der Waals surface area contributed by atoms with Gasteiger partial charge in [0.2, 0.25) is 0 Å². The van der Waals surface area contributed by atoms with Crippen molar-refractivity contribution >= 4 is 34.6 Å². The van der Waals surface area contributed by atoms with E-state index >= 15 is 0 Å². The van der Waals surface area contributed by atoms with Crippen molar-refractivity contribution in [1.29, 1.82) is 0 Å². The molecule has 0 spiro atoms. The molecule has 0 amide bonds. The number of aliphatic hydroxyl groups is 1. The van der Waals surface area contributed by atoms with Crippen LogP contribution >= 0.6 is 23.8 Å². The molecule has 1 aliphatic heterocycles. The second kappa shape index (κ2) is 7.22. The van der Waals surface area contributed by atoms with Crippen LogP contribution in [0.3, 0.4) is 0 Å². The van der Waals surface area contributed by atoms with Gasteiger partial charge in [0, 0.05) is 10.7 Å². The van der Waals surface area contributed by atoms with Gasteiger partial charge in [0.15, 0.2) is 5.11 Å². The van der Waals surface area contributed by atoms with Gasteiger partial charge in [0.05, 0.1) is 32.8 Å². The highest BCUT2D eigenvalue weighted by Crippen LogP contribution is 2.19. The number of thiocarbonyl (C=S) groups is 1. The summed E-state index contributed by atoms with van der Waals surface area (Å²) < 4.78 is 0. The molecule has 2 rings (SSSR count). The first-order valence-corrected chi connectivity index (χ1v) is 7.65. The Morgan fingerprint density at radius 3 is 2.75 bits per heavy atom. The Labute approximate surface area is 130 Å². The summed E-state index contributed by atoms with van der Waals surface area (Å²) in [5.41, 5.74) is 2.09. The maximum atomic E-state index is 8.96. The molecule has 0 unspecified atom stereocenters. The second-order valence-electron chi connectivity index (χ2n) is 5.10. The number of anilines is 1. The normalized spacial score (nSPS) is 16.2. The summed E-state index contributed by atoms with van der Waals surface area (Å²) in [6, 6.07) is 5.75. The van der Waals surface area contributed by atoms with Crippen LogP contribution in [0.2, 0.25) is 5.02 Å². The molecule has 0 aliphatic carbocycles. The van der Waals surface area contributed by atoms with Gasteiger partial charge < -0.3 is 20.2 Å². The minimum atomic E-state index is 0.252. The lowest BCUT2D eigenvalue weighted by atomic mass is 10.2. The Morgan fingerprint density at radius 1 is 1.45 bits per heavy atom. The topological polar surface area (TPSA) is 39.9 Å². The standard InChI is InChI=1S/C14H20ClN3OS/c1-11-10-12(15)2-3-13(11)16-14(20)18-6-4-17(5-7-18)8-9-19/h2-3,10,19H,4-9H2,1H3,(H,16,20)/p+1. The number of aryl methyl sites for hydroxylation is 1. The summed E-state index contributed by atoms with van der Waals surface area (Å²) in [4.78, 5) is 3.62. The molecule has 0 aromatic heterocycles. The second-order valence-corrected chi connectivity index (χ2v) is 5.92. The van der Waals surface area contributed by atoms with Crippen LogP contribution in [0.15, 0.2) is 18.2 Å². The number of halogens is 1. The zero-order valence-corrected chi connectivity index (χ0v) is 13.2. The van der Waals surface area contributed by atoms with E-state index in [1.165, 1.54) is 4.90 Å². The monoisotopic (exact) mass is 314 g/mol. The fourth-order valence-electron chi connectivity index (χ4n) is 2.40. The average Bonchev–Trinajstić information content (AvgIpc) is 2.43. The number of rotatable bonds is 3. The zero-order chi connectivity index (χ0) is 14.5. The molecule has 6 heteroatoms. The molecule has 110 valence electrons. The van der Waals surface area contributed by atoms with Gasteiger partial charge in [-0.1, -0.05) is 11.6 Å². The lowest BCUT2D eigenvalue weighted by molar-refractivity contribution is -0.904. The van der Waals surface area contributed by atoms with Crippen molar-refractivity contribution in [3.8, 4) is 0 Å². The van der Waals surface area contributed by atoms with Crippen molar-refractivity contribution < 1.29 is 10.0 Å². The minimum absolute atomic E-state index is 0.252. The number of piperazine rings is 1. The van der Waals surface area contributed by atoms with E-state index < -0.39 is 0 Å². The van der Waals surface area contributed by atoms with Gasteiger partial charge in [-0.3, -0.25) is 0 Å². The van der Waals surface area contributed by atoms with Crippen LogP contribution in [0.1, 0.15) is 5.56 Å². The van der Waals surface area contributed by atoms with E-state index in [1.54, 1.807) is 0 Å². The van der Waals surface area contributed by atoms with Crippen molar-refractivity contribution in [2.75, 3.05) is 44.6 Å². The average molecular weight is 315 g/mol. The van der Waals surface area contributed by atoms with Crippen molar-refractivity contribution in [1.82, 2.24) is 4.90 Å². The largest absolute Gasteiger partial charge is 0.391 e. The quantitative estimate of drug-likeness (QED) is 0.712. The molecule has 1 saturated heterocycles. The molecule has 1 heterocycles. The maximum absolute atomic E-state index is 8.96. The van der Waals surface area contributed by atoms with Gasteiger partial charge in [-0.2, -0.15) is 0 Å². The van der Waals surface area contributed by atoms with Gasteiger partial charge in [-0.25, -0.2) is 0 Å². The Balaban J connectivity index is 1.89. The first-order valence-electron chi connectivity index (χ1n) is 6.86. The number of hydrogen-bond donors (Lipinski definition) is 3. The number of benzene rings is 1. The Kier molecular flexibility index (Phi) is 5.60. The fourth-order valence-corrected chi connectivity index (χ4v) is 2.91. The summed E-state index contributed by atoms with van der Waals surface area (Å²) in [6.07, 6.45) is 0. The third-order valence-corrected chi connectivity index (χ3v) is 4.25. The predicted octanol–water partition coefficient (Wildman–Crippen LogP) is 0.538. The molecule has 1 fully saturated rings. The third kappa shape index (κ3) is 4.06. The summed E-state index contributed by atoms with van der Waals surface area (Å²) >= 11 is 11.4. The first kappa shape index (κ1) is 15.5. The first-order chi connectivity index (χ1) is 9.60. The van der Waals surface area contributed by atoms with E-state index in [-0.39, 0.29) is 6.61 Å². The molecule has 0 bridgehead atoms. The number of hydrogen-bond acceptors (Lipinski definition) is 2. The van der Waals surface area contributed by atoms with Gasteiger partial charge >= 0.3 is 0 Å². The van der Waals surface area contributed by atoms with Crippen molar-refractivity contribution in [2.24, 2.45) is 0 Å². The summed E-state index contributed by atoms with van der Waals surface area (Å²) in [6.45, 7) is 6.97. The lowest BCUT2D eigenvalue weighted by Crippen LogP contribution is -3.15. The molecular formula is C14H21ClN3OS+. The van der Waals surface area contributed by atoms with E-state index in [1.807, 2.05) is 25.1 Å². The van der Waals surface area contributed by atoms with Gasteiger partial charge in [0.25, 0.3) is 0 Å². The van der Waals surface area contributed by atoms with Crippen LogP contribution in [0.25, 0.3) is 0 Å².